The lowest BCUT2D eigenvalue weighted by Gasteiger charge is -2.19. The van der Waals surface area contributed by atoms with E-state index in [1.807, 2.05) is 6.08 Å². The van der Waals surface area contributed by atoms with E-state index in [9.17, 15) is 9.59 Å². The van der Waals surface area contributed by atoms with E-state index in [1.54, 1.807) is 0 Å². The zero-order valence-corrected chi connectivity index (χ0v) is 10.4. The Bertz CT molecular complexity index is 351. The second-order valence-corrected chi connectivity index (χ2v) is 5.11. The first-order valence-electron chi connectivity index (χ1n) is 5.75. The van der Waals surface area contributed by atoms with Crippen molar-refractivity contribution in [2.75, 3.05) is 26.3 Å². The number of nitrogens with two attached hydrogens (primary N) is 1. The fourth-order valence-corrected chi connectivity index (χ4v) is 2.88. The molecule has 0 saturated carbocycles. The van der Waals surface area contributed by atoms with Gasteiger partial charge in [0.15, 0.2) is 0 Å². The zero-order valence-electron chi connectivity index (χ0n) is 9.55. The predicted octanol–water partition coefficient (Wildman–Crippen LogP) is 0.951. The molecule has 2 aliphatic rings. The summed E-state index contributed by atoms with van der Waals surface area (Å²) >= 11 is 1.00. The molecule has 0 aromatic heterocycles. The molecular formula is C11H16N2O3S. The van der Waals surface area contributed by atoms with E-state index in [4.69, 9.17) is 10.5 Å². The number of nitrogens with zero attached hydrogens (tertiary/aromatic N) is 1. The fraction of sp³-hybridized carbons (Fsp3) is 0.636. The Morgan fingerprint density at radius 1 is 1.53 bits per heavy atom. The first-order chi connectivity index (χ1) is 8.22. The summed E-state index contributed by atoms with van der Waals surface area (Å²) in [5, 5.41) is -0.219. The number of hydrogen-bond acceptors (Lipinski definition) is 5. The Kier molecular flexibility index (Phi) is 4.20. The number of ether oxygens (including phenoxy) is 1. The lowest BCUT2D eigenvalue weighted by atomic mass is 10.0. The molecule has 2 N–H and O–H groups in total. The van der Waals surface area contributed by atoms with E-state index in [2.05, 4.69) is 0 Å². The summed E-state index contributed by atoms with van der Waals surface area (Å²) in [5.74, 6) is 0.0388. The number of carbonyl (C=O) groups excluding carboxylic acids is 2. The van der Waals surface area contributed by atoms with Crippen molar-refractivity contribution in [2.45, 2.75) is 12.8 Å². The highest BCUT2D eigenvalue weighted by atomic mass is 32.2. The van der Waals surface area contributed by atoms with Gasteiger partial charge in [0.25, 0.3) is 11.1 Å². The standard InChI is InChI=1S/C11H16N2O3S/c12-3-4-13-10(14)9(17-11(13)15)6-8-2-1-5-16-7-8/h6,8H,1-5,7,12H2. The van der Waals surface area contributed by atoms with Gasteiger partial charge in [0.1, 0.15) is 0 Å². The molecule has 17 heavy (non-hydrogen) atoms. The quantitative estimate of drug-likeness (QED) is 0.761. The van der Waals surface area contributed by atoms with Crippen LogP contribution >= 0.6 is 11.8 Å². The number of thioether (sulfide) groups is 1. The summed E-state index contributed by atoms with van der Waals surface area (Å²) in [5.41, 5.74) is 5.37. The molecule has 1 unspecified atom stereocenters. The van der Waals surface area contributed by atoms with Gasteiger partial charge < -0.3 is 10.5 Å². The Balaban J connectivity index is 2.04. The van der Waals surface area contributed by atoms with Crippen LogP contribution in [0.25, 0.3) is 0 Å². The van der Waals surface area contributed by atoms with Gasteiger partial charge in [-0.3, -0.25) is 14.5 Å². The molecule has 0 aromatic carbocycles. The molecular weight excluding hydrogens is 240 g/mol. The Morgan fingerprint density at radius 3 is 3.00 bits per heavy atom. The molecule has 2 rings (SSSR count). The smallest absolute Gasteiger partial charge is 0.293 e. The van der Waals surface area contributed by atoms with Crippen LogP contribution in [-0.2, 0) is 9.53 Å². The van der Waals surface area contributed by atoms with Crippen molar-refractivity contribution in [1.82, 2.24) is 4.90 Å². The molecule has 0 radical (unpaired) electrons. The summed E-state index contributed by atoms with van der Waals surface area (Å²) in [6.45, 7) is 2.03. The number of imide groups is 1. The van der Waals surface area contributed by atoms with Crippen LogP contribution in [0, 0.1) is 5.92 Å². The van der Waals surface area contributed by atoms with Crippen LogP contribution in [0.15, 0.2) is 11.0 Å². The van der Waals surface area contributed by atoms with Gasteiger partial charge in [-0.05, 0) is 24.6 Å². The first-order valence-corrected chi connectivity index (χ1v) is 6.57. The third-order valence-corrected chi connectivity index (χ3v) is 3.73. The van der Waals surface area contributed by atoms with Gasteiger partial charge >= 0.3 is 0 Å². The molecule has 0 aliphatic carbocycles. The van der Waals surface area contributed by atoms with Crippen molar-refractivity contribution in [3.8, 4) is 0 Å². The van der Waals surface area contributed by atoms with Gasteiger partial charge in [-0.25, -0.2) is 0 Å². The zero-order chi connectivity index (χ0) is 12.3. The Hall–Kier alpha value is -0.850. The minimum Gasteiger partial charge on any atom is -0.381 e. The molecule has 2 amide bonds. The minimum atomic E-state index is -0.219. The van der Waals surface area contributed by atoms with Crippen molar-refractivity contribution in [3.05, 3.63) is 11.0 Å². The third-order valence-electron chi connectivity index (χ3n) is 2.81. The van der Waals surface area contributed by atoms with E-state index in [1.165, 1.54) is 4.90 Å². The molecule has 1 atom stereocenters. The summed E-state index contributed by atoms with van der Waals surface area (Å²) in [7, 11) is 0. The van der Waals surface area contributed by atoms with Gasteiger partial charge in [-0.15, -0.1) is 0 Å². The third kappa shape index (κ3) is 2.88. The Morgan fingerprint density at radius 2 is 2.35 bits per heavy atom. The molecule has 94 valence electrons. The average Bonchev–Trinajstić information content (AvgIpc) is 2.59. The van der Waals surface area contributed by atoms with E-state index in [0.29, 0.717) is 24.6 Å². The van der Waals surface area contributed by atoms with Gasteiger partial charge in [-0.2, -0.15) is 0 Å². The summed E-state index contributed by atoms with van der Waals surface area (Å²) < 4.78 is 5.35. The molecule has 0 spiro atoms. The van der Waals surface area contributed by atoms with Crippen molar-refractivity contribution in [2.24, 2.45) is 11.7 Å². The minimum absolute atomic E-state index is 0.212. The fourth-order valence-electron chi connectivity index (χ4n) is 1.95. The van der Waals surface area contributed by atoms with Crippen LogP contribution in [0.1, 0.15) is 12.8 Å². The molecule has 2 heterocycles. The number of rotatable bonds is 3. The Labute approximate surface area is 104 Å². The highest BCUT2D eigenvalue weighted by Crippen LogP contribution is 2.32. The molecule has 2 aliphatic heterocycles. The lowest BCUT2D eigenvalue weighted by Crippen LogP contribution is -2.33. The van der Waals surface area contributed by atoms with Crippen LogP contribution in [0.5, 0.6) is 0 Å². The van der Waals surface area contributed by atoms with Crippen molar-refractivity contribution in [1.29, 1.82) is 0 Å². The molecule has 2 fully saturated rings. The largest absolute Gasteiger partial charge is 0.381 e. The maximum atomic E-state index is 11.9. The molecule has 0 bridgehead atoms. The lowest BCUT2D eigenvalue weighted by molar-refractivity contribution is -0.122. The predicted molar refractivity (Wildman–Crippen MR) is 65.4 cm³/mol. The highest BCUT2D eigenvalue weighted by Gasteiger charge is 2.34. The molecule has 0 aromatic rings. The van der Waals surface area contributed by atoms with Crippen LogP contribution in [0.3, 0.4) is 0 Å². The van der Waals surface area contributed by atoms with Crippen LogP contribution in [-0.4, -0.2) is 42.3 Å². The number of carbonyl (C=O) groups is 2. The van der Waals surface area contributed by atoms with Crippen LogP contribution in [0.2, 0.25) is 0 Å². The van der Waals surface area contributed by atoms with Gasteiger partial charge in [0.2, 0.25) is 0 Å². The van der Waals surface area contributed by atoms with E-state index in [0.717, 1.165) is 31.2 Å². The van der Waals surface area contributed by atoms with Crippen molar-refractivity contribution >= 4 is 22.9 Å². The van der Waals surface area contributed by atoms with Gasteiger partial charge in [-0.1, -0.05) is 6.08 Å². The van der Waals surface area contributed by atoms with E-state index in [-0.39, 0.29) is 17.1 Å². The molecule has 5 nitrogen and oxygen atoms in total. The highest BCUT2D eigenvalue weighted by molar-refractivity contribution is 8.18. The maximum absolute atomic E-state index is 11.9. The van der Waals surface area contributed by atoms with Gasteiger partial charge in [0, 0.05) is 25.6 Å². The SMILES string of the molecule is NCCN1C(=O)SC(=CC2CCCOC2)C1=O. The maximum Gasteiger partial charge on any atom is 0.293 e. The summed E-state index contributed by atoms with van der Waals surface area (Å²) in [6, 6.07) is 0. The van der Waals surface area contributed by atoms with Gasteiger partial charge in [0.05, 0.1) is 11.5 Å². The van der Waals surface area contributed by atoms with Crippen LogP contribution in [0.4, 0.5) is 4.79 Å². The summed E-state index contributed by atoms with van der Waals surface area (Å²) in [4.78, 5) is 25.2. The molecule has 6 heteroatoms. The normalized spacial score (nSPS) is 28.2. The van der Waals surface area contributed by atoms with Crippen LogP contribution < -0.4 is 5.73 Å². The molecule has 2 saturated heterocycles. The van der Waals surface area contributed by atoms with E-state index >= 15 is 0 Å². The number of hydrogen-bond donors (Lipinski definition) is 1. The summed E-state index contributed by atoms with van der Waals surface area (Å²) in [6.07, 6.45) is 3.90. The average molecular weight is 256 g/mol. The topological polar surface area (TPSA) is 72.6 Å². The monoisotopic (exact) mass is 256 g/mol. The van der Waals surface area contributed by atoms with E-state index < -0.39 is 0 Å². The second kappa shape index (κ2) is 5.66. The number of amides is 2. The van der Waals surface area contributed by atoms with Crippen molar-refractivity contribution < 1.29 is 14.3 Å². The van der Waals surface area contributed by atoms with Crippen molar-refractivity contribution in [3.63, 3.8) is 0 Å². The first kappa shape index (κ1) is 12.6. The second-order valence-electron chi connectivity index (χ2n) is 4.12.